The molecule has 5 heteroatoms. The number of nitriles is 1. The molecule has 1 rings (SSSR count). The molecule has 0 spiro atoms. The number of rotatable bonds is 3. The lowest BCUT2D eigenvalue weighted by molar-refractivity contribution is -0.679. The number of carbonyl (C=O) groups excluding carboxylic acids is 1. The number of hydrogen-bond acceptors (Lipinski definition) is 3. The Bertz CT molecular complexity index is 389. The summed E-state index contributed by atoms with van der Waals surface area (Å²) in [5.74, 6) is -2.14. The second kappa shape index (κ2) is 3.92. The standard InChI is InChI=1S/C9H11N3O2/c1-3-12-5-4-11(2)8(12)7(6-10)9(13)14/h4-5,7H,3H2,1-2H3. The zero-order valence-corrected chi connectivity index (χ0v) is 8.10. The molecular formula is C9H11N3O2. The number of aromatic nitrogens is 2. The minimum Gasteiger partial charge on any atom is -0.548 e. The van der Waals surface area contributed by atoms with Crippen LogP contribution in [0.15, 0.2) is 12.4 Å². The van der Waals surface area contributed by atoms with Gasteiger partial charge in [-0.2, -0.15) is 5.26 Å². The van der Waals surface area contributed by atoms with Crippen LogP contribution in [0.3, 0.4) is 0 Å². The molecule has 0 aliphatic rings. The van der Waals surface area contributed by atoms with Crippen molar-refractivity contribution < 1.29 is 14.5 Å². The van der Waals surface area contributed by atoms with Crippen molar-refractivity contribution in [2.24, 2.45) is 7.05 Å². The fourth-order valence-electron chi connectivity index (χ4n) is 1.39. The van der Waals surface area contributed by atoms with E-state index in [1.165, 1.54) is 0 Å². The van der Waals surface area contributed by atoms with Gasteiger partial charge in [-0.3, -0.25) is 0 Å². The van der Waals surface area contributed by atoms with Gasteiger partial charge in [0.1, 0.15) is 12.4 Å². The smallest absolute Gasteiger partial charge is 0.279 e. The van der Waals surface area contributed by atoms with Crippen molar-refractivity contribution in [3.8, 4) is 6.07 Å². The van der Waals surface area contributed by atoms with Crippen LogP contribution >= 0.6 is 0 Å². The lowest BCUT2D eigenvalue weighted by Gasteiger charge is -2.07. The lowest BCUT2D eigenvalue weighted by atomic mass is 10.1. The van der Waals surface area contributed by atoms with E-state index in [0.29, 0.717) is 12.4 Å². The molecule has 0 fully saturated rings. The van der Waals surface area contributed by atoms with Crippen LogP contribution in [0.5, 0.6) is 0 Å². The number of carboxylic acid groups (broad SMARTS) is 1. The van der Waals surface area contributed by atoms with Crippen LogP contribution < -0.4 is 9.67 Å². The Balaban J connectivity index is 3.22. The highest BCUT2D eigenvalue weighted by Gasteiger charge is 2.25. The van der Waals surface area contributed by atoms with Gasteiger partial charge in [0.05, 0.1) is 25.6 Å². The first-order valence-corrected chi connectivity index (χ1v) is 4.27. The molecule has 0 aromatic carbocycles. The van der Waals surface area contributed by atoms with Gasteiger partial charge >= 0.3 is 0 Å². The van der Waals surface area contributed by atoms with Crippen LogP contribution in [-0.2, 0) is 18.4 Å². The van der Waals surface area contributed by atoms with Crippen molar-refractivity contribution >= 4 is 5.97 Å². The van der Waals surface area contributed by atoms with Gasteiger partial charge in [-0.15, -0.1) is 0 Å². The quantitative estimate of drug-likeness (QED) is 0.559. The van der Waals surface area contributed by atoms with Crippen molar-refractivity contribution in [1.82, 2.24) is 4.57 Å². The number of imidazole rings is 1. The largest absolute Gasteiger partial charge is 0.548 e. The molecular weight excluding hydrogens is 182 g/mol. The monoisotopic (exact) mass is 193 g/mol. The molecule has 5 nitrogen and oxygen atoms in total. The Morgan fingerprint density at radius 1 is 1.86 bits per heavy atom. The molecule has 0 saturated heterocycles. The highest BCUT2D eigenvalue weighted by molar-refractivity contribution is 5.75. The topological polar surface area (TPSA) is 72.7 Å². The van der Waals surface area contributed by atoms with Crippen LogP contribution in [0.2, 0.25) is 0 Å². The maximum absolute atomic E-state index is 10.7. The third-order valence-corrected chi connectivity index (χ3v) is 2.09. The first-order chi connectivity index (χ1) is 6.61. The summed E-state index contributed by atoms with van der Waals surface area (Å²) >= 11 is 0. The summed E-state index contributed by atoms with van der Waals surface area (Å²) in [5.41, 5.74) is 0. The summed E-state index contributed by atoms with van der Waals surface area (Å²) in [6, 6.07) is 1.72. The molecule has 1 atom stereocenters. The van der Waals surface area contributed by atoms with E-state index in [-0.39, 0.29) is 0 Å². The highest BCUT2D eigenvalue weighted by Crippen LogP contribution is 2.09. The molecule has 0 N–H and O–H groups in total. The normalized spacial score (nSPS) is 12.1. The van der Waals surface area contributed by atoms with Crippen LogP contribution in [0, 0.1) is 11.3 Å². The minimum atomic E-state index is -1.36. The predicted molar refractivity (Wildman–Crippen MR) is 44.6 cm³/mol. The summed E-state index contributed by atoms with van der Waals surface area (Å²) in [6.45, 7) is 2.51. The number of aryl methyl sites for hydroxylation is 2. The first-order valence-electron chi connectivity index (χ1n) is 4.27. The van der Waals surface area contributed by atoms with Crippen LogP contribution in [-0.4, -0.2) is 10.5 Å². The van der Waals surface area contributed by atoms with Crippen molar-refractivity contribution in [3.63, 3.8) is 0 Å². The maximum atomic E-state index is 10.7. The van der Waals surface area contributed by atoms with E-state index in [1.54, 1.807) is 34.6 Å². The third kappa shape index (κ3) is 1.59. The average Bonchev–Trinajstić information content (AvgIpc) is 2.49. The zero-order valence-electron chi connectivity index (χ0n) is 8.10. The van der Waals surface area contributed by atoms with Crippen LogP contribution in [0.4, 0.5) is 0 Å². The summed E-state index contributed by atoms with van der Waals surface area (Å²) in [6.07, 6.45) is 3.45. The Hall–Kier alpha value is -1.83. The second-order valence-electron chi connectivity index (χ2n) is 2.93. The number of carbonyl (C=O) groups is 1. The molecule has 1 aromatic heterocycles. The number of aliphatic carboxylic acids is 1. The van der Waals surface area contributed by atoms with Gasteiger partial charge in [0.15, 0.2) is 5.92 Å². The van der Waals surface area contributed by atoms with E-state index in [0.717, 1.165) is 0 Å². The summed E-state index contributed by atoms with van der Waals surface area (Å²) < 4.78 is 3.33. The Morgan fingerprint density at radius 3 is 2.93 bits per heavy atom. The van der Waals surface area contributed by atoms with Gasteiger partial charge in [0.2, 0.25) is 0 Å². The molecule has 1 unspecified atom stereocenters. The van der Waals surface area contributed by atoms with Crippen molar-refractivity contribution in [2.75, 3.05) is 0 Å². The molecule has 1 aromatic rings. The number of hydrogen-bond donors (Lipinski definition) is 0. The second-order valence-corrected chi connectivity index (χ2v) is 2.93. The number of nitrogens with zero attached hydrogens (tertiary/aromatic N) is 3. The molecule has 14 heavy (non-hydrogen) atoms. The lowest BCUT2D eigenvalue weighted by Crippen LogP contribution is -2.40. The van der Waals surface area contributed by atoms with Gasteiger partial charge in [0.25, 0.3) is 5.82 Å². The molecule has 0 radical (unpaired) electrons. The van der Waals surface area contributed by atoms with E-state index in [4.69, 9.17) is 5.26 Å². The molecule has 0 amide bonds. The summed E-state index contributed by atoms with van der Waals surface area (Å²) in [5, 5.41) is 19.4. The van der Waals surface area contributed by atoms with Crippen molar-refractivity contribution in [3.05, 3.63) is 18.2 Å². The fourth-order valence-corrected chi connectivity index (χ4v) is 1.39. The Labute approximate surface area is 81.8 Å². The van der Waals surface area contributed by atoms with Gasteiger partial charge in [-0.25, -0.2) is 9.13 Å². The fraction of sp³-hybridized carbons (Fsp3) is 0.444. The van der Waals surface area contributed by atoms with E-state index < -0.39 is 11.9 Å². The molecule has 1 heterocycles. The zero-order chi connectivity index (χ0) is 10.7. The SMILES string of the molecule is CCn1cc[n+](C)c1C(C#N)C(=O)[O-]. The van der Waals surface area contributed by atoms with Gasteiger partial charge in [-0.1, -0.05) is 0 Å². The molecule has 0 aliphatic heterocycles. The summed E-state index contributed by atoms with van der Waals surface area (Å²) in [4.78, 5) is 10.7. The van der Waals surface area contributed by atoms with E-state index >= 15 is 0 Å². The minimum absolute atomic E-state index is 0.440. The van der Waals surface area contributed by atoms with Crippen LogP contribution in [0.1, 0.15) is 18.7 Å². The van der Waals surface area contributed by atoms with E-state index in [1.807, 2.05) is 6.92 Å². The number of carboxylic acids is 1. The van der Waals surface area contributed by atoms with E-state index in [9.17, 15) is 9.90 Å². The molecule has 0 aliphatic carbocycles. The Morgan fingerprint density at radius 2 is 2.50 bits per heavy atom. The van der Waals surface area contributed by atoms with E-state index in [2.05, 4.69) is 0 Å². The third-order valence-electron chi connectivity index (χ3n) is 2.09. The van der Waals surface area contributed by atoms with Crippen LogP contribution in [0.25, 0.3) is 0 Å². The summed E-state index contributed by atoms with van der Waals surface area (Å²) in [7, 11) is 1.70. The van der Waals surface area contributed by atoms with Gasteiger partial charge < -0.3 is 9.90 Å². The maximum Gasteiger partial charge on any atom is 0.279 e. The Kier molecular flexibility index (Phi) is 2.87. The van der Waals surface area contributed by atoms with Gasteiger partial charge in [-0.05, 0) is 6.92 Å². The highest BCUT2D eigenvalue weighted by atomic mass is 16.4. The molecule has 0 saturated carbocycles. The molecule has 0 bridgehead atoms. The average molecular weight is 193 g/mol. The van der Waals surface area contributed by atoms with Crippen molar-refractivity contribution in [2.45, 2.75) is 19.4 Å². The first kappa shape index (κ1) is 10.3. The van der Waals surface area contributed by atoms with Crippen molar-refractivity contribution in [1.29, 1.82) is 5.26 Å². The predicted octanol–water partition coefficient (Wildman–Crippen LogP) is -1.31. The molecule has 74 valence electrons. The van der Waals surface area contributed by atoms with Gasteiger partial charge in [0, 0.05) is 0 Å².